The number of aryl methyl sites for hydroxylation is 1. The molecule has 0 N–H and O–H groups in total. The van der Waals surface area contributed by atoms with Crippen LogP contribution >= 0.6 is 0 Å². The third-order valence-electron chi connectivity index (χ3n) is 3.81. The highest BCUT2D eigenvalue weighted by Crippen LogP contribution is 2.20. The van der Waals surface area contributed by atoms with Gasteiger partial charge in [-0.1, -0.05) is 12.1 Å². The molecule has 1 amide bonds. The fraction of sp³-hybridized carbons (Fsp3) is 0.389. The predicted molar refractivity (Wildman–Crippen MR) is 89.6 cm³/mol. The zero-order valence-electron chi connectivity index (χ0n) is 14.0. The molecule has 0 saturated carbocycles. The normalized spacial score (nSPS) is 10.6. The van der Waals surface area contributed by atoms with E-state index in [9.17, 15) is 4.79 Å². The van der Waals surface area contributed by atoms with Crippen molar-refractivity contribution in [1.29, 1.82) is 0 Å². The van der Waals surface area contributed by atoms with Crippen molar-refractivity contribution in [3.8, 4) is 5.75 Å². The van der Waals surface area contributed by atoms with Crippen molar-refractivity contribution in [2.24, 2.45) is 7.05 Å². The van der Waals surface area contributed by atoms with Crippen LogP contribution in [0.3, 0.4) is 0 Å². The van der Waals surface area contributed by atoms with Crippen LogP contribution in [0.5, 0.6) is 5.75 Å². The third-order valence-corrected chi connectivity index (χ3v) is 3.81. The first-order valence-corrected chi connectivity index (χ1v) is 7.68. The van der Waals surface area contributed by atoms with Gasteiger partial charge in [-0.05, 0) is 30.7 Å². The van der Waals surface area contributed by atoms with E-state index in [-0.39, 0.29) is 5.91 Å². The van der Waals surface area contributed by atoms with Gasteiger partial charge in [0.1, 0.15) is 5.75 Å². The van der Waals surface area contributed by atoms with Crippen LogP contribution in [0, 0.1) is 0 Å². The van der Waals surface area contributed by atoms with Crippen LogP contribution in [-0.2, 0) is 18.3 Å². The van der Waals surface area contributed by atoms with Gasteiger partial charge in [-0.2, -0.15) is 0 Å². The van der Waals surface area contributed by atoms with Crippen molar-refractivity contribution in [2.75, 3.05) is 27.4 Å². The molecule has 1 aromatic carbocycles. The van der Waals surface area contributed by atoms with E-state index in [0.29, 0.717) is 31.0 Å². The first kappa shape index (κ1) is 17.1. The van der Waals surface area contributed by atoms with Crippen molar-refractivity contribution in [2.45, 2.75) is 13.0 Å². The van der Waals surface area contributed by atoms with Crippen LogP contribution in [0.4, 0.5) is 0 Å². The lowest BCUT2D eigenvalue weighted by molar-refractivity contribution is 0.0717. The minimum absolute atomic E-state index is 0.0280. The van der Waals surface area contributed by atoms with Crippen LogP contribution in [-0.4, -0.2) is 42.7 Å². The third kappa shape index (κ3) is 4.36. The van der Waals surface area contributed by atoms with E-state index in [1.165, 1.54) is 0 Å². The highest BCUT2D eigenvalue weighted by Gasteiger charge is 2.20. The molecule has 0 bridgehead atoms. The largest absolute Gasteiger partial charge is 0.496 e. The Morgan fingerprint density at radius 2 is 1.96 bits per heavy atom. The fourth-order valence-electron chi connectivity index (χ4n) is 2.50. The maximum absolute atomic E-state index is 13.0. The molecule has 2 rings (SSSR count). The Morgan fingerprint density at radius 1 is 1.17 bits per heavy atom. The molecular formula is C18H24N2O3. The first-order chi connectivity index (χ1) is 11.2. The summed E-state index contributed by atoms with van der Waals surface area (Å²) in [5.41, 5.74) is 1.67. The summed E-state index contributed by atoms with van der Waals surface area (Å²) in [5, 5.41) is 0. The number of nitrogens with zero attached hydrogens (tertiary/aromatic N) is 2. The summed E-state index contributed by atoms with van der Waals surface area (Å²) in [6, 6.07) is 11.3. The van der Waals surface area contributed by atoms with Gasteiger partial charge in [0.15, 0.2) is 0 Å². The van der Waals surface area contributed by atoms with E-state index in [1.807, 2.05) is 53.0 Å². The summed E-state index contributed by atoms with van der Waals surface area (Å²) in [4.78, 5) is 14.8. The van der Waals surface area contributed by atoms with Crippen molar-refractivity contribution >= 4 is 5.91 Å². The lowest BCUT2D eigenvalue weighted by atomic mass is 10.1. The van der Waals surface area contributed by atoms with E-state index in [1.54, 1.807) is 20.3 Å². The Balaban J connectivity index is 2.21. The maximum Gasteiger partial charge on any atom is 0.257 e. The number of carbonyl (C=O) groups excluding carboxylic acids is 1. The molecule has 0 atom stereocenters. The van der Waals surface area contributed by atoms with Gasteiger partial charge in [0.05, 0.1) is 19.2 Å². The number of hydrogen-bond acceptors (Lipinski definition) is 3. The molecule has 0 saturated heterocycles. The first-order valence-electron chi connectivity index (χ1n) is 7.68. The summed E-state index contributed by atoms with van der Waals surface area (Å²) < 4.78 is 12.5. The molecule has 0 radical (unpaired) electrons. The van der Waals surface area contributed by atoms with E-state index >= 15 is 0 Å². The molecule has 124 valence electrons. The van der Waals surface area contributed by atoms with Gasteiger partial charge in [0.2, 0.25) is 0 Å². The molecule has 5 nitrogen and oxygen atoms in total. The molecule has 0 spiro atoms. The van der Waals surface area contributed by atoms with Crippen molar-refractivity contribution in [3.63, 3.8) is 0 Å². The molecule has 1 heterocycles. The SMILES string of the molecule is COCCCN(Cc1cccn1C)C(=O)c1ccccc1OC. The van der Waals surface area contributed by atoms with Crippen LogP contribution in [0.1, 0.15) is 22.5 Å². The minimum atomic E-state index is -0.0280. The lowest BCUT2D eigenvalue weighted by Gasteiger charge is -2.24. The van der Waals surface area contributed by atoms with E-state index in [0.717, 1.165) is 12.1 Å². The molecule has 0 fully saturated rings. The number of amides is 1. The topological polar surface area (TPSA) is 43.7 Å². The Hall–Kier alpha value is -2.27. The standard InChI is InChI=1S/C18H24N2O3/c1-19-11-6-8-15(19)14-20(12-7-13-22-2)18(21)16-9-4-5-10-17(16)23-3/h4-6,8-11H,7,12-14H2,1-3H3. The molecule has 0 aliphatic heterocycles. The van der Waals surface area contributed by atoms with Crippen LogP contribution in [0.25, 0.3) is 0 Å². The van der Waals surface area contributed by atoms with Gasteiger partial charge in [0.25, 0.3) is 5.91 Å². The summed E-state index contributed by atoms with van der Waals surface area (Å²) in [6.45, 7) is 1.82. The average molecular weight is 316 g/mol. The highest BCUT2D eigenvalue weighted by atomic mass is 16.5. The second kappa shape index (κ2) is 8.39. The number of hydrogen-bond donors (Lipinski definition) is 0. The zero-order chi connectivity index (χ0) is 16.7. The number of methoxy groups -OCH3 is 2. The van der Waals surface area contributed by atoms with E-state index in [4.69, 9.17) is 9.47 Å². The molecule has 0 unspecified atom stereocenters. The van der Waals surface area contributed by atoms with Gasteiger partial charge in [-0.3, -0.25) is 4.79 Å². The minimum Gasteiger partial charge on any atom is -0.496 e. The van der Waals surface area contributed by atoms with Crippen LogP contribution in [0.2, 0.25) is 0 Å². The zero-order valence-corrected chi connectivity index (χ0v) is 14.0. The second-order valence-corrected chi connectivity index (χ2v) is 5.38. The summed E-state index contributed by atoms with van der Waals surface area (Å²) in [5.74, 6) is 0.570. The quantitative estimate of drug-likeness (QED) is 0.703. The van der Waals surface area contributed by atoms with Gasteiger partial charge in [-0.25, -0.2) is 0 Å². The Morgan fingerprint density at radius 3 is 2.61 bits per heavy atom. The molecule has 5 heteroatoms. The Bertz CT molecular complexity index is 637. The monoisotopic (exact) mass is 316 g/mol. The van der Waals surface area contributed by atoms with Gasteiger partial charge in [0, 0.05) is 39.2 Å². The van der Waals surface area contributed by atoms with Crippen LogP contribution < -0.4 is 4.74 Å². The number of rotatable bonds is 8. The van der Waals surface area contributed by atoms with E-state index in [2.05, 4.69) is 0 Å². The number of ether oxygens (including phenoxy) is 2. The molecule has 1 aromatic heterocycles. The number of para-hydroxylation sites is 1. The summed E-state index contributed by atoms with van der Waals surface area (Å²) in [7, 11) is 5.23. The summed E-state index contributed by atoms with van der Waals surface area (Å²) in [6.07, 6.45) is 2.78. The number of aromatic nitrogens is 1. The Kier molecular flexibility index (Phi) is 6.23. The number of benzene rings is 1. The predicted octanol–water partition coefficient (Wildman–Crippen LogP) is 2.71. The van der Waals surface area contributed by atoms with Gasteiger partial charge < -0.3 is 18.9 Å². The van der Waals surface area contributed by atoms with Crippen molar-refractivity contribution in [1.82, 2.24) is 9.47 Å². The number of carbonyl (C=O) groups is 1. The maximum atomic E-state index is 13.0. The fourth-order valence-corrected chi connectivity index (χ4v) is 2.50. The smallest absolute Gasteiger partial charge is 0.257 e. The second-order valence-electron chi connectivity index (χ2n) is 5.38. The van der Waals surface area contributed by atoms with Crippen LogP contribution in [0.15, 0.2) is 42.6 Å². The van der Waals surface area contributed by atoms with Gasteiger partial charge >= 0.3 is 0 Å². The molecule has 0 aliphatic carbocycles. The van der Waals surface area contributed by atoms with Crippen molar-refractivity contribution in [3.05, 3.63) is 53.9 Å². The lowest BCUT2D eigenvalue weighted by Crippen LogP contribution is -2.33. The van der Waals surface area contributed by atoms with Crippen molar-refractivity contribution < 1.29 is 14.3 Å². The molecule has 0 aliphatic rings. The summed E-state index contributed by atoms with van der Waals surface area (Å²) >= 11 is 0. The van der Waals surface area contributed by atoms with E-state index < -0.39 is 0 Å². The average Bonchev–Trinajstić information content (AvgIpc) is 2.98. The molecule has 23 heavy (non-hydrogen) atoms. The van der Waals surface area contributed by atoms with Gasteiger partial charge in [-0.15, -0.1) is 0 Å². The Labute approximate surface area is 137 Å². The highest BCUT2D eigenvalue weighted by molar-refractivity contribution is 5.96. The molecular weight excluding hydrogens is 292 g/mol. The molecule has 2 aromatic rings.